The van der Waals surface area contributed by atoms with Gasteiger partial charge in [-0.15, -0.1) is 0 Å². The Balaban J connectivity index is 2.00. The number of amides is 2. The summed E-state index contributed by atoms with van der Waals surface area (Å²) in [4.78, 5) is 37.5. The fourth-order valence-corrected chi connectivity index (χ4v) is 3.47. The summed E-state index contributed by atoms with van der Waals surface area (Å²) < 4.78 is 0.769. The van der Waals surface area contributed by atoms with E-state index in [0.717, 1.165) is 23.7 Å². The number of carbonyl (C=O) groups is 3. The molecule has 2 N–H and O–H groups in total. The summed E-state index contributed by atoms with van der Waals surface area (Å²) in [5.74, 6) is -1.75. The second-order valence-electron chi connectivity index (χ2n) is 6.04. The monoisotopic (exact) mass is 396 g/mol. The van der Waals surface area contributed by atoms with Crippen molar-refractivity contribution < 1.29 is 19.5 Å². The first-order valence-electron chi connectivity index (χ1n) is 7.90. The Labute approximate surface area is 149 Å². The van der Waals surface area contributed by atoms with Crippen molar-refractivity contribution in [2.24, 2.45) is 0 Å². The topological polar surface area (TPSA) is 86.7 Å². The molecule has 1 aliphatic carbocycles. The Morgan fingerprint density at radius 2 is 1.92 bits per heavy atom. The predicted octanol–water partition coefficient (Wildman–Crippen LogP) is 2.42. The van der Waals surface area contributed by atoms with E-state index in [1.54, 1.807) is 24.3 Å². The quantitative estimate of drug-likeness (QED) is 0.799. The molecule has 0 heterocycles. The van der Waals surface area contributed by atoms with Crippen molar-refractivity contribution in [3.05, 3.63) is 34.3 Å². The molecule has 0 radical (unpaired) electrons. The van der Waals surface area contributed by atoms with Gasteiger partial charge in [-0.3, -0.25) is 9.59 Å². The van der Waals surface area contributed by atoms with Crippen molar-refractivity contribution in [1.29, 1.82) is 0 Å². The number of carboxylic acids is 1. The van der Waals surface area contributed by atoms with E-state index >= 15 is 0 Å². The summed E-state index contributed by atoms with van der Waals surface area (Å²) in [6.07, 6.45) is 3.45. The van der Waals surface area contributed by atoms with Crippen LogP contribution in [0.25, 0.3) is 0 Å². The maximum absolute atomic E-state index is 12.4. The number of carboxylic acid groups (broad SMARTS) is 1. The Morgan fingerprint density at radius 3 is 2.50 bits per heavy atom. The third kappa shape index (κ3) is 3.95. The molecule has 0 atom stereocenters. The molecule has 0 saturated heterocycles. The number of hydrogen-bond donors (Lipinski definition) is 2. The highest BCUT2D eigenvalue weighted by Gasteiger charge is 2.45. The van der Waals surface area contributed by atoms with Gasteiger partial charge < -0.3 is 15.3 Å². The Morgan fingerprint density at radius 1 is 1.25 bits per heavy atom. The second-order valence-corrected chi connectivity index (χ2v) is 6.96. The zero-order valence-electron chi connectivity index (χ0n) is 13.5. The van der Waals surface area contributed by atoms with E-state index in [1.807, 2.05) is 0 Å². The van der Waals surface area contributed by atoms with Crippen LogP contribution in [-0.4, -0.2) is 46.9 Å². The van der Waals surface area contributed by atoms with Gasteiger partial charge in [-0.25, -0.2) is 4.79 Å². The molecule has 0 bridgehead atoms. The van der Waals surface area contributed by atoms with Gasteiger partial charge in [-0.2, -0.15) is 0 Å². The van der Waals surface area contributed by atoms with E-state index in [4.69, 9.17) is 0 Å². The Kier molecular flexibility index (Phi) is 5.99. The predicted molar refractivity (Wildman–Crippen MR) is 92.7 cm³/mol. The molecule has 2 amide bonds. The lowest BCUT2D eigenvalue weighted by atomic mass is 9.80. The molecule has 1 aliphatic rings. The number of hydrogen-bond acceptors (Lipinski definition) is 3. The minimum atomic E-state index is -1.16. The molecule has 0 aliphatic heterocycles. The molecule has 1 fully saturated rings. The average Bonchev–Trinajstić information content (AvgIpc) is 2.59. The smallest absolute Gasteiger partial charge is 0.329 e. The van der Waals surface area contributed by atoms with Gasteiger partial charge in [0.05, 0.1) is 6.54 Å². The van der Waals surface area contributed by atoms with E-state index in [9.17, 15) is 19.5 Å². The minimum absolute atomic E-state index is 0.225. The summed E-state index contributed by atoms with van der Waals surface area (Å²) >= 11 is 3.29. The number of nitrogens with zero attached hydrogens (tertiary/aromatic N) is 1. The number of nitrogens with one attached hydrogen (secondary N) is 1. The van der Waals surface area contributed by atoms with Gasteiger partial charge >= 0.3 is 5.97 Å². The molecule has 24 heavy (non-hydrogen) atoms. The van der Waals surface area contributed by atoms with Crippen LogP contribution in [0, 0.1) is 0 Å². The van der Waals surface area contributed by atoms with Crippen LogP contribution in [0.15, 0.2) is 28.7 Å². The van der Waals surface area contributed by atoms with Crippen LogP contribution in [0.5, 0.6) is 0 Å². The Hall–Kier alpha value is -1.89. The molecule has 7 heteroatoms. The second kappa shape index (κ2) is 7.79. The molecule has 6 nitrogen and oxygen atoms in total. The summed E-state index contributed by atoms with van der Waals surface area (Å²) in [6, 6.07) is 6.83. The van der Waals surface area contributed by atoms with Gasteiger partial charge in [-0.05, 0) is 31.0 Å². The highest BCUT2D eigenvalue weighted by atomic mass is 79.9. The fraction of sp³-hybridized carbons (Fsp3) is 0.471. The lowest BCUT2D eigenvalue weighted by Crippen LogP contribution is -2.58. The first-order valence-corrected chi connectivity index (χ1v) is 8.70. The normalized spacial score (nSPS) is 16.2. The van der Waals surface area contributed by atoms with E-state index in [0.29, 0.717) is 18.4 Å². The van der Waals surface area contributed by atoms with Crippen molar-refractivity contribution in [2.45, 2.75) is 37.6 Å². The zero-order valence-corrected chi connectivity index (χ0v) is 15.1. The van der Waals surface area contributed by atoms with Gasteiger partial charge in [-0.1, -0.05) is 41.3 Å². The number of carbonyl (C=O) groups excluding carboxylic acids is 2. The van der Waals surface area contributed by atoms with Gasteiger partial charge in [0.2, 0.25) is 5.91 Å². The zero-order chi connectivity index (χ0) is 17.7. The summed E-state index contributed by atoms with van der Waals surface area (Å²) in [5, 5.41) is 12.2. The molecule has 130 valence electrons. The number of halogens is 1. The lowest BCUT2D eigenvalue weighted by molar-refractivity contribution is -0.159. The molecule has 0 spiro atoms. The standard InChI is InChI=1S/C17H21BrN2O4/c1-20(17(16(23)24)8-3-2-4-9-17)14(21)11-19-15(22)12-6-5-7-13(18)10-12/h5-7,10H,2-4,8-9,11H2,1H3,(H,19,22)(H,23,24). The molecule has 1 saturated carbocycles. The van der Waals surface area contributed by atoms with Gasteiger partial charge in [0.25, 0.3) is 5.91 Å². The number of likely N-dealkylation sites (N-methyl/N-ethyl adjacent to an activating group) is 1. The van der Waals surface area contributed by atoms with Gasteiger partial charge in [0, 0.05) is 17.1 Å². The number of rotatable bonds is 5. The first kappa shape index (κ1) is 18.4. The minimum Gasteiger partial charge on any atom is -0.479 e. The van der Waals surface area contributed by atoms with Gasteiger partial charge in [0.15, 0.2) is 0 Å². The average molecular weight is 397 g/mol. The van der Waals surface area contributed by atoms with Crippen LogP contribution in [0.2, 0.25) is 0 Å². The van der Waals surface area contributed by atoms with E-state index in [2.05, 4.69) is 21.2 Å². The van der Waals surface area contributed by atoms with Crippen molar-refractivity contribution in [1.82, 2.24) is 10.2 Å². The fourth-order valence-electron chi connectivity index (χ4n) is 3.07. The Bertz CT molecular complexity index is 641. The van der Waals surface area contributed by atoms with Crippen LogP contribution < -0.4 is 5.32 Å². The third-order valence-electron chi connectivity index (χ3n) is 4.58. The van der Waals surface area contributed by atoms with E-state index in [1.165, 1.54) is 11.9 Å². The molecular formula is C17H21BrN2O4. The van der Waals surface area contributed by atoms with Crippen LogP contribution in [0.3, 0.4) is 0 Å². The SMILES string of the molecule is CN(C(=O)CNC(=O)c1cccc(Br)c1)C1(C(=O)O)CCCCC1. The summed E-state index contributed by atoms with van der Waals surface area (Å²) in [6.45, 7) is -0.225. The van der Waals surface area contributed by atoms with E-state index < -0.39 is 17.4 Å². The third-order valence-corrected chi connectivity index (χ3v) is 5.08. The summed E-state index contributed by atoms with van der Waals surface area (Å²) in [7, 11) is 1.51. The molecule has 1 aromatic rings. The summed E-state index contributed by atoms with van der Waals surface area (Å²) in [5.41, 5.74) is -0.721. The van der Waals surface area contributed by atoms with Crippen molar-refractivity contribution in [3.8, 4) is 0 Å². The lowest BCUT2D eigenvalue weighted by Gasteiger charge is -2.41. The molecule has 0 unspecified atom stereocenters. The van der Waals surface area contributed by atoms with Crippen LogP contribution >= 0.6 is 15.9 Å². The molecule has 1 aromatic carbocycles. The van der Waals surface area contributed by atoms with E-state index in [-0.39, 0.29) is 12.5 Å². The largest absolute Gasteiger partial charge is 0.479 e. The van der Waals surface area contributed by atoms with Crippen molar-refractivity contribution >= 4 is 33.7 Å². The van der Waals surface area contributed by atoms with Gasteiger partial charge in [0.1, 0.15) is 5.54 Å². The number of benzene rings is 1. The highest BCUT2D eigenvalue weighted by molar-refractivity contribution is 9.10. The van der Waals surface area contributed by atoms with Crippen LogP contribution in [0.4, 0.5) is 0 Å². The van der Waals surface area contributed by atoms with Crippen LogP contribution in [0.1, 0.15) is 42.5 Å². The molecule has 0 aromatic heterocycles. The maximum atomic E-state index is 12.4. The van der Waals surface area contributed by atoms with Crippen molar-refractivity contribution in [2.75, 3.05) is 13.6 Å². The van der Waals surface area contributed by atoms with Crippen LogP contribution in [-0.2, 0) is 9.59 Å². The van der Waals surface area contributed by atoms with Crippen molar-refractivity contribution in [3.63, 3.8) is 0 Å². The highest BCUT2D eigenvalue weighted by Crippen LogP contribution is 2.33. The first-order chi connectivity index (χ1) is 11.4. The maximum Gasteiger partial charge on any atom is 0.329 e. The molecular weight excluding hydrogens is 376 g/mol. The molecule has 2 rings (SSSR count). The number of aliphatic carboxylic acids is 1.